The quantitative estimate of drug-likeness (QED) is 0.861. The van der Waals surface area contributed by atoms with Crippen molar-refractivity contribution in [2.75, 3.05) is 7.05 Å². The van der Waals surface area contributed by atoms with Gasteiger partial charge in [-0.05, 0) is 25.0 Å². The van der Waals surface area contributed by atoms with E-state index in [1.807, 2.05) is 0 Å². The van der Waals surface area contributed by atoms with Gasteiger partial charge in [0, 0.05) is 25.8 Å². The molecular weight excluding hydrogens is 274 g/mol. The Labute approximate surface area is 121 Å². The lowest BCUT2D eigenvalue weighted by Crippen LogP contribution is -2.37. The maximum Gasteiger partial charge on any atom is 0.244 e. The molecule has 1 aliphatic carbocycles. The molecular formula is C14H23N3O2S. The monoisotopic (exact) mass is 297 g/mol. The molecule has 1 aliphatic rings. The number of nitrogens with zero attached hydrogens (tertiary/aromatic N) is 2. The molecule has 0 radical (unpaired) electrons. The largest absolute Gasteiger partial charge is 0.325 e. The van der Waals surface area contributed by atoms with Crippen molar-refractivity contribution in [1.82, 2.24) is 9.29 Å². The molecule has 0 spiro atoms. The van der Waals surface area contributed by atoms with E-state index in [9.17, 15) is 8.42 Å². The summed E-state index contributed by atoms with van der Waals surface area (Å²) in [5.41, 5.74) is 6.04. The van der Waals surface area contributed by atoms with Crippen LogP contribution in [0, 0.1) is 0 Å². The van der Waals surface area contributed by atoms with E-state index >= 15 is 0 Å². The van der Waals surface area contributed by atoms with Crippen LogP contribution in [0.25, 0.3) is 0 Å². The number of hydrogen-bond acceptors (Lipinski definition) is 4. The molecule has 5 nitrogen and oxygen atoms in total. The molecule has 0 saturated heterocycles. The van der Waals surface area contributed by atoms with Gasteiger partial charge in [0.05, 0.1) is 5.69 Å². The van der Waals surface area contributed by atoms with Crippen LogP contribution in [0.5, 0.6) is 0 Å². The Morgan fingerprint density at radius 3 is 2.55 bits per heavy atom. The topological polar surface area (TPSA) is 76.3 Å². The van der Waals surface area contributed by atoms with E-state index in [2.05, 4.69) is 4.98 Å². The van der Waals surface area contributed by atoms with E-state index in [0.29, 0.717) is 5.69 Å². The van der Waals surface area contributed by atoms with Gasteiger partial charge in [-0.3, -0.25) is 4.98 Å². The van der Waals surface area contributed by atoms with Gasteiger partial charge < -0.3 is 5.73 Å². The highest BCUT2D eigenvalue weighted by atomic mass is 32.2. The highest BCUT2D eigenvalue weighted by Crippen LogP contribution is 2.26. The summed E-state index contributed by atoms with van der Waals surface area (Å²) in [5, 5.41) is 0. The van der Waals surface area contributed by atoms with Crippen LogP contribution in [-0.4, -0.2) is 30.8 Å². The van der Waals surface area contributed by atoms with Crippen molar-refractivity contribution in [3.8, 4) is 0 Å². The van der Waals surface area contributed by atoms with Gasteiger partial charge >= 0.3 is 0 Å². The molecule has 112 valence electrons. The van der Waals surface area contributed by atoms with Crippen molar-refractivity contribution in [1.29, 1.82) is 0 Å². The SMILES string of the molecule is CN(C1CCCCCC1)S(=O)(=O)c1cccnc1CN. The van der Waals surface area contributed by atoms with Crippen LogP contribution in [0.4, 0.5) is 0 Å². The number of rotatable bonds is 4. The Morgan fingerprint density at radius 2 is 1.95 bits per heavy atom. The van der Waals surface area contributed by atoms with Gasteiger partial charge in [0.2, 0.25) is 10.0 Å². The first-order valence-electron chi connectivity index (χ1n) is 7.19. The molecule has 0 aromatic carbocycles. The van der Waals surface area contributed by atoms with Crippen molar-refractivity contribution < 1.29 is 8.42 Å². The van der Waals surface area contributed by atoms with E-state index in [0.717, 1.165) is 25.7 Å². The van der Waals surface area contributed by atoms with Crippen LogP contribution in [0.1, 0.15) is 44.2 Å². The van der Waals surface area contributed by atoms with Crippen LogP contribution < -0.4 is 5.73 Å². The molecule has 0 unspecified atom stereocenters. The lowest BCUT2D eigenvalue weighted by atomic mass is 10.1. The summed E-state index contributed by atoms with van der Waals surface area (Å²) in [4.78, 5) is 4.32. The lowest BCUT2D eigenvalue weighted by Gasteiger charge is -2.27. The molecule has 1 aromatic rings. The molecule has 0 aliphatic heterocycles. The summed E-state index contributed by atoms with van der Waals surface area (Å²) in [6, 6.07) is 3.33. The van der Waals surface area contributed by atoms with Gasteiger partial charge in [0.15, 0.2) is 0 Å². The Balaban J connectivity index is 2.28. The summed E-state index contributed by atoms with van der Waals surface area (Å²) in [6.45, 7) is 0.133. The van der Waals surface area contributed by atoms with Crippen molar-refractivity contribution in [3.05, 3.63) is 24.0 Å². The van der Waals surface area contributed by atoms with Crippen molar-refractivity contribution >= 4 is 10.0 Å². The second-order valence-electron chi connectivity index (χ2n) is 5.32. The minimum Gasteiger partial charge on any atom is -0.325 e. The lowest BCUT2D eigenvalue weighted by molar-refractivity contribution is 0.335. The third kappa shape index (κ3) is 3.19. The Bertz CT molecular complexity index is 537. The predicted octanol–water partition coefficient (Wildman–Crippen LogP) is 1.88. The normalized spacial score (nSPS) is 18.1. The zero-order valence-electron chi connectivity index (χ0n) is 12.0. The van der Waals surface area contributed by atoms with Gasteiger partial charge in [-0.15, -0.1) is 0 Å². The first-order chi connectivity index (χ1) is 9.57. The first kappa shape index (κ1) is 15.4. The number of pyridine rings is 1. The van der Waals surface area contributed by atoms with E-state index < -0.39 is 10.0 Å². The fourth-order valence-electron chi connectivity index (χ4n) is 2.78. The fraction of sp³-hybridized carbons (Fsp3) is 0.643. The zero-order chi connectivity index (χ0) is 14.6. The van der Waals surface area contributed by atoms with Crippen molar-refractivity contribution in [2.45, 2.75) is 56.0 Å². The van der Waals surface area contributed by atoms with Crippen molar-refractivity contribution in [3.63, 3.8) is 0 Å². The summed E-state index contributed by atoms with van der Waals surface area (Å²) < 4.78 is 27.0. The number of aromatic nitrogens is 1. The molecule has 1 aromatic heterocycles. The van der Waals surface area contributed by atoms with E-state index in [1.54, 1.807) is 25.4 Å². The molecule has 0 amide bonds. The zero-order valence-corrected chi connectivity index (χ0v) is 12.8. The fourth-order valence-corrected chi connectivity index (χ4v) is 4.38. The van der Waals surface area contributed by atoms with Crippen LogP contribution >= 0.6 is 0 Å². The molecule has 1 fully saturated rings. The van der Waals surface area contributed by atoms with Crippen LogP contribution in [0.2, 0.25) is 0 Å². The van der Waals surface area contributed by atoms with Gasteiger partial charge in [-0.1, -0.05) is 25.7 Å². The van der Waals surface area contributed by atoms with Gasteiger partial charge in [-0.25, -0.2) is 8.42 Å². The third-order valence-electron chi connectivity index (χ3n) is 4.04. The summed E-state index contributed by atoms with van der Waals surface area (Å²) in [7, 11) is -1.83. The number of hydrogen-bond donors (Lipinski definition) is 1. The van der Waals surface area contributed by atoms with E-state index in [-0.39, 0.29) is 17.5 Å². The Hall–Kier alpha value is -0.980. The van der Waals surface area contributed by atoms with Gasteiger partial charge in [0.1, 0.15) is 4.90 Å². The predicted molar refractivity (Wildman–Crippen MR) is 78.6 cm³/mol. The number of sulfonamides is 1. The Kier molecular flexibility index (Phi) is 5.12. The third-order valence-corrected chi connectivity index (χ3v) is 6.02. The van der Waals surface area contributed by atoms with Crippen molar-refractivity contribution in [2.24, 2.45) is 5.73 Å². The standard InChI is InChI=1S/C14H23N3O2S/c1-17(12-7-4-2-3-5-8-12)20(18,19)14-9-6-10-16-13(14)11-15/h6,9-10,12H,2-5,7-8,11,15H2,1H3. The van der Waals surface area contributed by atoms with E-state index in [1.165, 1.54) is 17.1 Å². The van der Waals surface area contributed by atoms with Crippen LogP contribution in [-0.2, 0) is 16.6 Å². The smallest absolute Gasteiger partial charge is 0.244 e. The molecule has 2 N–H and O–H groups in total. The molecule has 1 heterocycles. The summed E-state index contributed by atoms with van der Waals surface area (Å²) in [5.74, 6) is 0. The maximum absolute atomic E-state index is 12.8. The molecule has 1 saturated carbocycles. The van der Waals surface area contributed by atoms with Gasteiger partial charge in [0.25, 0.3) is 0 Å². The molecule has 20 heavy (non-hydrogen) atoms. The molecule has 0 atom stereocenters. The highest BCUT2D eigenvalue weighted by molar-refractivity contribution is 7.89. The minimum atomic E-state index is -3.51. The molecule has 2 rings (SSSR count). The summed E-state index contributed by atoms with van der Waals surface area (Å²) >= 11 is 0. The second-order valence-corrected chi connectivity index (χ2v) is 7.28. The Morgan fingerprint density at radius 1 is 1.30 bits per heavy atom. The molecule has 0 bridgehead atoms. The maximum atomic E-state index is 12.8. The average molecular weight is 297 g/mol. The van der Waals surface area contributed by atoms with Crippen LogP contribution in [0.3, 0.4) is 0 Å². The number of nitrogens with two attached hydrogens (primary N) is 1. The summed E-state index contributed by atoms with van der Waals surface area (Å²) in [6.07, 6.45) is 8.05. The minimum absolute atomic E-state index is 0.0910. The van der Waals surface area contributed by atoms with E-state index in [4.69, 9.17) is 5.73 Å². The molecule has 6 heteroatoms. The average Bonchev–Trinajstić information content (AvgIpc) is 2.75. The van der Waals surface area contributed by atoms with Crippen LogP contribution in [0.15, 0.2) is 23.2 Å². The van der Waals surface area contributed by atoms with Gasteiger partial charge in [-0.2, -0.15) is 4.31 Å². The highest BCUT2D eigenvalue weighted by Gasteiger charge is 2.30. The second kappa shape index (κ2) is 6.65. The first-order valence-corrected chi connectivity index (χ1v) is 8.63.